The van der Waals surface area contributed by atoms with E-state index in [-0.39, 0.29) is 19.0 Å². The Morgan fingerprint density at radius 2 is 1.74 bits per heavy atom. The van der Waals surface area contributed by atoms with E-state index in [0.717, 1.165) is 12.8 Å². The molecule has 1 amide bonds. The van der Waals surface area contributed by atoms with Crippen LogP contribution in [0.1, 0.15) is 12.8 Å². The minimum atomic E-state index is -0.896. The molecule has 0 aromatic rings. The molecule has 0 radical (unpaired) electrons. The number of amides is 1. The fourth-order valence-corrected chi connectivity index (χ4v) is 1.92. The van der Waals surface area contributed by atoms with Crippen molar-refractivity contribution in [3.8, 4) is 0 Å². The number of carboxylic acids is 1. The zero-order chi connectivity index (χ0) is 14.3. The second kappa shape index (κ2) is 7.74. The van der Waals surface area contributed by atoms with Crippen molar-refractivity contribution in [2.24, 2.45) is 5.92 Å². The molecule has 5 heteroatoms. The van der Waals surface area contributed by atoms with Crippen molar-refractivity contribution >= 4 is 11.9 Å². The van der Waals surface area contributed by atoms with Crippen LogP contribution in [0.3, 0.4) is 0 Å². The molecule has 0 aromatic heterocycles. The summed E-state index contributed by atoms with van der Waals surface area (Å²) in [5.41, 5.74) is 0. The van der Waals surface area contributed by atoms with Gasteiger partial charge in [0.25, 0.3) is 0 Å². The summed E-state index contributed by atoms with van der Waals surface area (Å²) in [6, 6.07) is 0. The van der Waals surface area contributed by atoms with Gasteiger partial charge in [-0.3, -0.25) is 14.5 Å². The van der Waals surface area contributed by atoms with Crippen LogP contribution in [0.25, 0.3) is 0 Å². The van der Waals surface area contributed by atoms with Crippen molar-refractivity contribution in [2.75, 3.05) is 32.7 Å². The maximum atomic E-state index is 12.1. The molecule has 1 aliphatic rings. The van der Waals surface area contributed by atoms with Crippen LogP contribution in [0.4, 0.5) is 0 Å². The van der Waals surface area contributed by atoms with Gasteiger partial charge in [-0.05, 0) is 18.8 Å². The lowest BCUT2D eigenvalue weighted by Gasteiger charge is -2.25. The molecular formula is C14H22N2O3. The summed E-state index contributed by atoms with van der Waals surface area (Å²) in [6.07, 6.45) is 5.58. The Kier molecular flexibility index (Phi) is 6.29. The Bertz CT molecular complexity index is 341. The van der Waals surface area contributed by atoms with E-state index in [9.17, 15) is 9.59 Å². The van der Waals surface area contributed by atoms with Crippen LogP contribution >= 0.6 is 0 Å². The lowest BCUT2D eigenvalue weighted by atomic mass is 10.3. The standard InChI is InChI=1S/C14H22N2O3/c1-3-7-16(8-4-2)13(17)10-15(11-14(18)19)9-12-5-6-12/h3-4,12H,1-2,5-11H2,(H,18,19). The molecule has 1 fully saturated rings. The summed E-state index contributed by atoms with van der Waals surface area (Å²) in [5, 5.41) is 8.88. The Hall–Kier alpha value is -1.62. The van der Waals surface area contributed by atoms with Gasteiger partial charge in [0.15, 0.2) is 0 Å². The second-order valence-electron chi connectivity index (χ2n) is 4.88. The van der Waals surface area contributed by atoms with E-state index in [1.54, 1.807) is 22.0 Å². The molecule has 106 valence electrons. The monoisotopic (exact) mass is 266 g/mol. The first-order valence-corrected chi connectivity index (χ1v) is 6.50. The number of hydrogen-bond donors (Lipinski definition) is 1. The van der Waals surface area contributed by atoms with Crippen molar-refractivity contribution in [1.29, 1.82) is 0 Å². The first-order chi connectivity index (χ1) is 9.06. The molecule has 0 heterocycles. The summed E-state index contributed by atoms with van der Waals surface area (Å²) in [4.78, 5) is 26.3. The van der Waals surface area contributed by atoms with Crippen LogP contribution in [0, 0.1) is 5.92 Å². The Morgan fingerprint density at radius 1 is 1.16 bits per heavy atom. The minimum Gasteiger partial charge on any atom is -0.480 e. The molecule has 0 aromatic carbocycles. The molecule has 0 atom stereocenters. The van der Waals surface area contributed by atoms with Crippen molar-refractivity contribution in [3.05, 3.63) is 25.3 Å². The summed E-state index contributed by atoms with van der Waals surface area (Å²) in [7, 11) is 0. The van der Waals surface area contributed by atoms with E-state index in [0.29, 0.717) is 25.6 Å². The van der Waals surface area contributed by atoms with E-state index in [1.165, 1.54) is 0 Å². The highest BCUT2D eigenvalue weighted by atomic mass is 16.4. The van der Waals surface area contributed by atoms with E-state index in [2.05, 4.69) is 13.2 Å². The molecule has 1 rings (SSSR count). The van der Waals surface area contributed by atoms with E-state index >= 15 is 0 Å². The van der Waals surface area contributed by atoms with Crippen molar-refractivity contribution in [2.45, 2.75) is 12.8 Å². The van der Waals surface area contributed by atoms with E-state index in [4.69, 9.17) is 5.11 Å². The molecule has 1 N–H and O–H groups in total. The van der Waals surface area contributed by atoms with Gasteiger partial charge < -0.3 is 10.0 Å². The number of hydrogen-bond acceptors (Lipinski definition) is 3. The number of carbonyl (C=O) groups excluding carboxylic acids is 1. The maximum absolute atomic E-state index is 12.1. The van der Waals surface area contributed by atoms with Gasteiger partial charge in [-0.15, -0.1) is 13.2 Å². The molecular weight excluding hydrogens is 244 g/mol. The predicted octanol–water partition coefficient (Wildman–Crippen LogP) is 0.984. The van der Waals surface area contributed by atoms with Gasteiger partial charge in [0, 0.05) is 19.6 Å². The quantitative estimate of drug-likeness (QED) is 0.599. The van der Waals surface area contributed by atoms with Gasteiger partial charge in [-0.1, -0.05) is 12.2 Å². The average Bonchev–Trinajstić information content (AvgIpc) is 3.11. The lowest BCUT2D eigenvalue weighted by Crippen LogP contribution is -2.43. The highest BCUT2D eigenvalue weighted by Gasteiger charge is 2.27. The number of rotatable bonds is 10. The minimum absolute atomic E-state index is 0.0818. The maximum Gasteiger partial charge on any atom is 0.317 e. The zero-order valence-electron chi connectivity index (χ0n) is 11.3. The average molecular weight is 266 g/mol. The first kappa shape index (κ1) is 15.4. The largest absolute Gasteiger partial charge is 0.480 e. The van der Waals surface area contributed by atoms with E-state index < -0.39 is 5.97 Å². The number of carboxylic acid groups (broad SMARTS) is 1. The third-order valence-corrected chi connectivity index (χ3v) is 2.98. The molecule has 0 unspecified atom stereocenters. The third kappa shape index (κ3) is 6.20. The summed E-state index contributed by atoms with van der Waals surface area (Å²) in [6.45, 7) is 8.88. The molecule has 19 heavy (non-hydrogen) atoms. The Morgan fingerprint density at radius 3 is 2.16 bits per heavy atom. The number of nitrogens with zero attached hydrogens (tertiary/aromatic N) is 2. The number of carbonyl (C=O) groups is 2. The van der Waals surface area contributed by atoms with Crippen LogP contribution < -0.4 is 0 Å². The second-order valence-corrected chi connectivity index (χ2v) is 4.88. The van der Waals surface area contributed by atoms with Crippen LogP contribution in [-0.2, 0) is 9.59 Å². The normalized spacial score (nSPS) is 14.2. The zero-order valence-corrected chi connectivity index (χ0v) is 11.3. The molecule has 1 aliphatic carbocycles. The van der Waals surface area contributed by atoms with Gasteiger partial charge in [0.05, 0.1) is 13.1 Å². The number of aliphatic carboxylic acids is 1. The van der Waals surface area contributed by atoms with E-state index in [1.807, 2.05) is 0 Å². The van der Waals surface area contributed by atoms with Gasteiger partial charge in [0.1, 0.15) is 0 Å². The summed E-state index contributed by atoms with van der Waals surface area (Å²) < 4.78 is 0. The van der Waals surface area contributed by atoms with Gasteiger partial charge in [-0.25, -0.2) is 0 Å². The third-order valence-electron chi connectivity index (χ3n) is 2.98. The van der Waals surface area contributed by atoms with Crippen LogP contribution in [0.15, 0.2) is 25.3 Å². The highest BCUT2D eigenvalue weighted by molar-refractivity contribution is 5.79. The summed E-state index contributed by atoms with van der Waals surface area (Å²) >= 11 is 0. The molecule has 0 spiro atoms. The topological polar surface area (TPSA) is 60.9 Å². The Labute approximate surface area is 114 Å². The first-order valence-electron chi connectivity index (χ1n) is 6.50. The van der Waals surface area contributed by atoms with Gasteiger partial charge in [0.2, 0.25) is 5.91 Å². The molecule has 0 saturated heterocycles. The highest BCUT2D eigenvalue weighted by Crippen LogP contribution is 2.29. The van der Waals surface area contributed by atoms with Gasteiger partial charge >= 0.3 is 5.97 Å². The summed E-state index contributed by atoms with van der Waals surface area (Å²) in [5.74, 6) is -0.423. The molecule has 1 saturated carbocycles. The smallest absolute Gasteiger partial charge is 0.317 e. The predicted molar refractivity (Wildman–Crippen MR) is 73.8 cm³/mol. The fourth-order valence-electron chi connectivity index (χ4n) is 1.92. The van der Waals surface area contributed by atoms with Crippen molar-refractivity contribution in [1.82, 2.24) is 9.80 Å². The van der Waals surface area contributed by atoms with Crippen LogP contribution in [0.2, 0.25) is 0 Å². The molecule has 5 nitrogen and oxygen atoms in total. The van der Waals surface area contributed by atoms with Crippen molar-refractivity contribution < 1.29 is 14.7 Å². The van der Waals surface area contributed by atoms with Crippen LogP contribution in [-0.4, -0.2) is 59.5 Å². The van der Waals surface area contributed by atoms with Crippen LogP contribution in [0.5, 0.6) is 0 Å². The Balaban J connectivity index is 2.53. The SMILES string of the molecule is C=CCN(CC=C)C(=O)CN(CC(=O)O)CC1CC1. The molecule has 0 bridgehead atoms. The molecule has 0 aliphatic heterocycles. The van der Waals surface area contributed by atoms with Gasteiger partial charge in [-0.2, -0.15) is 0 Å². The fraction of sp³-hybridized carbons (Fsp3) is 0.571. The van der Waals surface area contributed by atoms with Crippen molar-refractivity contribution in [3.63, 3.8) is 0 Å². The lowest BCUT2D eigenvalue weighted by molar-refractivity contribution is -0.139.